The van der Waals surface area contributed by atoms with Gasteiger partial charge in [-0.1, -0.05) is 30.3 Å². The lowest BCUT2D eigenvalue weighted by Gasteiger charge is -2.02. The monoisotopic (exact) mass is 206 g/mol. The fourth-order valence-corrected chi connectivity index (χ4v) is 1.44. The highest BCUT2D eigenvalue weighted by Crippen LogP contribution is 2.03. The molecule has 0 aliphatic rings. The van der Waals surface area contributed by atoms with Gasteiger partial charge in [0.25, 0.3) is 0 Å². The van der Waals surface area contributed by atoms with Crippen LogP contribution >= 0.6 is 0 Å². The number of benzene rings is 1. The van der Waals surface area contributed by atoms with Gasteiger partial charge >= 0.3 is 0 Å². The van der Waals surface area contributed by atoms with Crippen molar-refractivity contribution in [3.8, 4) is 0 Å². The molecule has 3 N–H and O–H groups in total. The zero-order chi connectivity index (χ0) is 10.9. The number of aryl methyl sites for hydroxylation is 1. The van der Waals surface area contributed by atoms with Crippen molar-refractivity contribution < 1.29 is 4.79 Å². The summed E-state index contributed by atoms with van der Waals surface area (Å²) in [6.07, 6.45) is 3.30. The standard InChI is InChI=1S/C12H18N2O/c13-12(15)10-14-9-5-4-8-11-6-2-1-3-7-11/h1-3,6-7,14H,4-5,8-10H2,(H2,13,15). The lowest BCUT2D eigenvalue weighted by molar-refractivity contribution is -0.117. The smallest absolute Gasteiger partial charge is 0.231 e. The van der Waals surface area contributed by atoms with Crippen molar-refractivity contribution in [1.82, 2.24) is 5.32 Å². The average Bonchev–Trinajstić information content (AvgIpc) is 2.24. The molecule has 0 atom stereocenters. The Morgan fingerprint density at radius 2 is 1.93 bits per heavy atom. The van der Waals surface area contributed by atoms with Crippen molar-refractivity contribution in [2.45, 2.75) is 19.3 Å². The molecule has 1 aromatic carbocycles. The minimum Gasteiger partial charge on any atom is -0.369 e. The molecule has 0 aliphatic carbocycles. The summed E-state index contributed by atoms with van der Waals surface area (Å²) in [7, 11) is 0. The first-order valence-electron chi connectivity index (χ1n) is 5.32. The van der Waals surface area contributed by atoms with Crippen LogP contribution < -0.4 is 11.1 Å². The van der Waals surface area contributed by atoms with Crippen LogP contribution in [0.15, 0.2) is 30.3 Å². The average molecular weight is 206 g/mol. The van der Waals surface area contributed by atoms with Gasteiger partial charge in [0, 0.05) is 0 Å². The van der Waals surface area contributed by atoms with Crippen LogP contribution in [-0.2, 0) is 11.2 Å². The van der Waals surface area contributed by atoms with Gasteiger partial charge in [0.05, 0.1) is 6.54 Å². The van der Waals surface area contributed by atoms with Gasteiger partial charge in [0.15, 0.2) is 0 Å². The number of hydrogen-bond acceptors (Lipinski definition) is 2. The van der Waals surface area contributed by atoms with Crippen LogP contribution in [-0.4, -0.2) is 19.0 Å². The Kier molecular flexibility index (Phi) is 5.48. The van der Waals surface area contributed by atoms with E-state index in [1.54, 1.807) is 0 Å². The van der Waals surface area contributed by atoms with Crippen molar-refractivity contribution in [3.63, 3.8) is 0 Å². The Labute approximate surface area is 90.7 Å². The summed E-state index contributed by atoms with van der Waals surface area (Å²) in [5.74, 6) is -0.293. The maximum absolute atomic E-state index is 10.4. The molecule has 0 unspecified atom stereocenters. The summed E-state index contributed by atoms with van der Waals surface area (Å²) in [5.41, 5.74) is 6.36. The van der Waals surface area contributed by atoms with Gasteiger partial charge in [-0.15, -0.1) is 0 Å². The quantitative estimate of drug-likeness (QED) is 0.656. The molecule has 0 radical (unpaired) electrons. The van der Waals surface area contributed by atoms with Crippen molar-refractivity contribution in [1.29, 1.82) is 0 Å². The van der Waals surface area contributed by atoms with E-state index in [-0.39, 0.29) is 12.5 Å². The van der Waals surface area contributed by atoms with Gasteiger partial charge in [0.1, 0.15) is 0 Å². The van der Waals surface area contributed by atoms with Crippen LogP contribution in [0.5, 0.6) is 0 Å². The molecule has 0 saturated carbocycles. The topological polar surface area (TPSA) is 55.1 Å². The maximum Gasteiger partial charge on any atom is 0.231 e. The molecule has 0 bridgehead atoms. The van der Waals surface area contributed by atoms with E-state index >= 15 is 0 Å². The summed E-state index contributed by atoms with van der Waals surface area (Å²) in [6, 6.07) is 10.4. The van der Waals surface area contributed by atoms with Crippen molar-refractivity contribution in [2.24, 2.45) is 5.73 Å². The number of nitrogens with two attached hydrogens (primary N) is 1. The van der Waals surface area contributed by atoms with E-state index in [2.05, 4.69) is 29.6 Å². The number of nitrogens with one attached hydrogen (secondary N) is 1. The molecule has 1 aromatic rings. The number of rotatable bonds is 7. The fraction of sp³-hybridized carbons (Fsp3) is 0.417. The van der Waals surface area contributed by atoms with E-state index < -0.39 is 0 Å². The van der Waals surface area contributed by atoms with E-state index in [4.69, 9.17) is 5.73 Å². The van der Waals surface area contributed by atoms with Gasteiger partial charge in [-0.05, 0) is 31.4 Å². The highest BCUT2D eigenvalue weighted by atomic mass is 16.1. The third-order valence-corrected chi connectivity index (χ3v) is 2.21. The SMILES string of the molecule is NC(=O)CNCCCCc1ccccc1. The minimum absolute atomic E-state index is 0.283. The van der Waals surface area contributed by atoms with E-state index in [1.165, 1.54) is 5.56 Å². The van der Waals surface area contributed by atoms with Gasteiger partial charge in [-0.25, -0.2) is 0 Å². The zero-order valence-corrected chi connectivity index (χ0v) is 8.91. The molecule has 3 nitrogen and oxygen atoms in total. The number of unbranched alkanes of at least 4 members (excludes halogenated alkanes) is 1. The summed E-state index contributed by atoms with van der Waals surface area (Å²) in [6.45, 7) is 1.14. The first-order chi connectivity index (χ1) is 7.29. The van der Waals surface area contributed by atoms with E-state index in [0.717, 1.165) is 25.8 Å². The number of primary amides is 1. The first-order valence-corrected chi connectivity index (χ1v) is 5.32. The minimum atomic E-state index is -0.293. The van der Waals surface area contributed by atoms with Crippen molar-refractivity contribution in [2.75, 3.05) is 13.1 Å². The molecule has 15 heavy (non-hydrogen) atoms. The predicted molar refractivity (Wildman–Crippen MR) is 61.4 cm³/mol. The molecule has 0 saturated heterocycles. The van der Waals surface area contributed by atoms with E-state index in [0.29, 0.717) is 0 Å². The number of carbonyl (C=O) groups excluding carboxylic acids is 1. The second-order valence-electron chi connectivity index (χ2n) is 3.59. The van der Waals surface area contributed by atoms with Gasteiger partial charge in [0.2, 0.25) is 5.91 Å². The van der Waals surface area contributed by atoms with Gasteiger partial charge < -0.3 is 11.1 Å². The van der Waals surface area contributed by atoms with Crippen LogP contribution in [0.3, 0.4) is 0 Å². The molecule has 3 heteroatoms. The highest BCUT2D eigenvalue weighted by Gasteiger charge is 1.94. The normalized spacial score (nSPS) is 10.1. The first kappa shape index (κ1) is 11.7. The lowest BCUT2D eigenvalue weighted by Crippen LogP contribution is -2.29. The number of carbonyl (C=O) groups is 1. The Morgan fingerprint density at radius 1 is 1.20 bits per heavy atom. The summed E-state index contributed by atoms with van der Waals surface area (Å²) >= 11 is 0. The Balaban J connectivity index is 2.00. The Hall–Kier alpha value is -1.35. The van der Waals surface area contributed by atoms with Crippen LogP contribution in [0, 0.1) is 0 Å². The third kappa shape index (κ3) is 5.86. The molecule has 0 aromatic heterocycles. The third-order valence-electron chi connectivity index (χ3n) is 2.21. The van der Waals surface area contributed by atoms with E-state index in [1.807, 2.05) is 6.07 Å². The van der Waals surface area contributed by atoms with Crippen LogP contribution in [0.1, 0.15) is 18.4 Å². The number of hydrogen-bond donors (Lipinski definition) is 2. The second kappa shape index (κ2) is 7.01. The van der Waals surface area contributed by atoms with Crippen LogP contribution in [0.4, 0.5) is 0 Å². The second-order valence-corrected chi connectivity index (χ2v) is 3.59. The van der Waals surface area contributed by atoms with Crippen LogP contribution in [0.25, 0.3) is 0 Å². The molecule has 1 amide bonds. The predicted octanol–water partition coefficient (Wildman–Crippen LogP) is 1.08. The molecule has 0 heterocycles. The Morgan fingerprint density at radius 3 is 2.60 bits per heavy atom. The molecule has 82 valence electrons. The molecule has 1 rings (SSSR count). The zero-order valence-electron chi connectivity index (χ0n) is 8.91. The summed E-state index contributed by atoms with van der Waals surface area (Å²) in [4.78, 5) is 10.4. The fourth-order valence-electron chi connectivity index (χ4n) is 1.44. The summed E-state index contributed by atoms with van der Waals surface area (Å²) in [5, 5.41) is 3.00. The lowest BCUT2D eigenvalue weighted by atomic mass is 10.1. The largest absolute Gasteiger partial charge is 0.369 e. The molecular formula is C12H18N2O. The van der Waals surface area contributed by atoms with Crippen molar-refractivity contribution in [3.05, 3.63) is 35.9 Å². The molecular weight excluding hydrogens is 188 g/mol. The van der Waals surface area contributed by atoms with Crippen molar-refractivity contribution >= 4 is 5.91 Å². The number of amides is 1. The van der Waals surface area contributed by atoms with Gasteiger partial charge in [-0.2, -0.15) is 0 Å². The molecule has 0 aliphatic heterocycles. The van der Waals surface area contributed by atoms with E-state index in [9.17, 15) is 4.79 Å². The highest BCUT2D eigenvalue weighted by molar-refractivity contribution is 5.75. The molecule has 0 fully saturated rings. The van der Waals surface area contributed by atoms with Crippen LogP contribution in [0.2, 0.25) is 0 Å². The molecule has 0 spiro atoms. The van der Waals surface area contributed by atoms with Gasteiger partial charge in [-0.3, -0.25) is 4.79 Å². The Bertz CT molecular complexity index is 285. The summed E-state index contributed by atoms with van der Waals surface area (Å²) < 4.78 is 0. The maximum atomic E-state index is 10.4.